The average molecular weight is 695 g/mol. The molecule has 0 aliphatic rings. The predicted octanol–water partition coefficient (Wildman–Crippen LogP) is 12.4. The zero-order valence-corrected chi connectivity index (χ0v) is 32.4. The Morgan fingerprint density at radius 2 is 0.524 bits per heavy atom. The van der Waals surface area contributed by atoms with Gasteiger partial charge in [-0.05, 0) is 12.8 Å². The quantitative estimate of drug-likeness (QED) is 0.0290. The molecule has 42 heavy (non-hydrogen) atoms. The Balaban J connectivity index is 0. The minimum Gasteiger partial charge on any atom is -0.260 e. The molecule has 0 amide bonds. The fourth-order valence-electron chi connectivity index (χ4n) is 5.46. The van der Waals surface area contributed by atoms with E-state index in [4.69, 9.17) is 0 Å². The van der Waals surface area contributed by atoms with E-state index in [0.717, 1.165) is 38.5 Å². The second-order valence-electron chi connectivity index (χ2n) is 12.4. The maximum absolute atomic E-state index is 11.7. The van der Waals surface area contributed by atoms with E-state index in [1.165, 1.54) is 154 Å². The third kappa shape index (κ3) is 37.8. The molecule has 5 nitrogen and oxygen atoms in total. The fourth-order valence-corrected chi connectivity index (χ4v) is 5.46. The van der Waals surface area contributed by atoms with Crippen LogP contribution in [0, 0.1) is 0 Å². The van der Waals surface area contributed by atoms with Crippen molar-refractivity contribution < 1.29 is 51.7 Å². The van der Waals surface area contributed by atoms with E-state index in [9.17, 15) is 9.59 Å². The molecule has 0 heterocycles. The SMILES string of the molecule is CCCCCCCCCCCCCCCCCC(=O)OOOC(=O)CCCCCCCCCCCCCCCCC.[Cd]. The average Bonchev–Trinajstić information content (AvgIpc) is 2.97. The Hall–Kier alpha value is -0.178. The zero-order valence-electron chi connectivity index (χ0n) is 28.4. The summed E-state index contributed by atoms with van der Waals surface area (Å²) in [6.07, 6.45) is 39.2. The maximum Gasteiger partial charge on any atom is 0.346 e. The summed E-state index contributed by atoms with van der Waals surface area (Å²) in [4.78, 5) is 32.6. The molecule has 0 bridgehead atoms. The number of carbonyl (C=O) groups is 2. The van der Waals surface area contributed by atoms with Gasteiger partial charge in [0.2, 0.25) is 0 Å². The molecule has 0 radical (unpaired) electrons. The minimum atomic E-state index is -0.473. The summed E-state index contributed by atoms with van der Waals surface area (Å²) in [5, 5.41) is 4.41. The molecule has 6 heteroatoms. The van der Waals surface area contributed by atoms with Crippen molar-refractivity contribution in [3.8, 4) is 0 Å². The Morgan fingerprint density at radius 1 is 0.333 bits per heavy atom. The smallest absolute Gasteiger partial charge is 0.260 e. The molecule has 0 aromatic heterocycles. The van der Waals surface area contributed by atoms with Crippen LogP contribution in [0.1, 0.15) is 219 Å². The van der Waals surface area contributed by atoms with Gasteiger partial charge in [-0.2, -0.15) is 0 Å². The summed E-state index contributed by atoms with van der Waals surface area (Å²) in [6.45, 7) is 4.54. The van der Waals surface area contributed by atoms with E-state index in [2.05, 4.69) is 28.7 Å². The molecule has 0 rings (SSSR count). The molecular weight excluding hydrogens is 625 g/mol. The van der Waals surface area contributed by atoms with Crippen LogP contribution in [0.25, 0.3) is 0 Å². The van der Waals surface area contributed by atoms with Gasteiger partial charge in [-0.15, -0.1) is 0 Å². The van der Waals surface area contributed by atoms with Crippen LogP contribution in [0.15, 0.2) is 0 Å². The molecule has 246 valence electrons. The van der Waals surface area contributed by atoms with Crippen molar-refractivity contribution in [1.82, 2.24) is 0 Å². The van der Waals surface area contributed by atoms with Gasteiger partial charge in [-0.3, -0.25) is 9.78 Å². The van der Waals surface area contributed by atoms with Crippen molar-refractivity contribution in [2.24, 2.45) is 0 Å². The first-order valence-electron chi connectivity index (χ1n) is 18.3. The summed E-state index contributed by atoms with van der Waals surface area (Å²) >= 11 is 0. The van der Waals surface area contributed by atoms with Gasteiger partial charge in [0, 0.05) is 45.2 Å². The van der Waals surface area contributed by atoms with Crippen LogP contribution in [0.5, 0.6) is 0 Å². The van der Waals surface area contributed by atoms with E-state index < -0.39 is 11.9 Å². The Bertz CT molecular complexity index is 497. The second-order valence-corrected chi connectivity index (χ2v) is 12.4. The van der Waals surface area contributed by atoms with E-state index in [0.29, 0.717) is 12.8 Å². The van der Waals surface area contributed by atoms with Crippen molar-refractivity contribution in [3.05, 3.63) is 0 Å². The Kier molecular flexibility index (Phi) is 40.6. The van der Waals surface area contributed by atoms with E-state index in [1.807, 2.05) is 0 Å². The van der Waals surface area contributed by atoms with Crippen LogP contribution in [0.3, 0.4) is 0 Å². The first-order valence-corrected chi connectivity index (χ1v) is 18.3. The van der Waals surface area contributed by atoms with Gasteiger partial charge in [0.25, 0.3) is 0 Å². The largest absolute Gasteiger partial charge is 0.346 e. The van der Waals surface area contributed by atoms with Gasteiger partial charge in [-0.1, -0.05) is 194 Å². The molecule has 0 aliphatic carbocycles. The second kappa shape index (κ2) is 38.8. The van der Waals surface area contributed by atoms with Crippen molar-refractivity contribution in [1.29, 1.82) is 0 Å². The first kappa shape index (κ1) is 43.9. The molecule has 0 atom stereocenters. The van der Waals surface area contributed by atoms with Crippen molar-refractivity contribution in [2.45, 2.75) is 219 Å². The zero-order chi connectivity index (χ0) is 29.9. The van der Waals surface area contributed by atoms with Crippen molar-refractivity contribution in [2.75, 3.05) is 0 Å². The number of hydrogen-bond donors (Lipinski definition) is 0. The van der Waals surface area contributed by atoms with Crippen LogP contribution in [0.4, 0.5) is 0 Å². The molecule has 0 fully saturated rings. The monoisotopic (exact) mass is 696 g/mol. The summed E-state index contributed by atoms with van der Waals surface area (Å²) in [6, 6.07) is 0. The molecule has 0 aromatic rings. The van der Waals surface area contributed by atoms with Gasteiger partial charge in [0.1, 0.15) is 0 Å². The molecule has 0 N–H and O–H groups in total. The molecular formula is C36H70CdO5. The Labute approximate surface area is 281 Å². The summed E-state index contributed by atoms with van der Waals surface area (Å²) in [5.41, 5.74) is 0. The maximum atomic E-state index is 11.7. The van der Waals surface area contributed by atoms with E-state index >= 15 is 0 Å². The van der Waals surface area contributed by atoms with Crippen molar-refractivity contribution in [3.63, 3.8) is 0 Å². The molecule has 0 aliphatic heterocycles. The molecule has 0 saturated heterocycles. The third-order valence-electron chi connectivity index (χ3n) is 8.22. The molecule has 0 spiro atoms. The normalized spacial score (nSPS) is 10.9. The summed E-state index contributed by atoms with van der Waals surface area (Å²) in [5.74, 6) is -0.945. The molecule has 0 aromatic carbocycles. The number of carbonyl (C=O) groups excluding carboxylic acids is 2. The topological polar surface area (TPSA) is 61.8 Å². The number of unbranched alkanes of at least 4 members (excludes halogenated alkanes) is 28. The predicted molar refractivity (Wildman–Crippen MR) is 172 cm³/mol. The van der Waals surface area contributed by atoms with Crippen molar-refractivity contribution >= 4 is 11.9 Å². The van der Waals surface area contributed by atoms with E-state index in [-0.39, 0.29) is 27.3 Å². The van der Waals surface area contributed by atoms with Gasteiger partial charge in [0.15, 0.2) is 0 Å². The molecule has 0 unspecified atom stereocenters. The van der Waals surface area contributed by atoms with Gasteiger partial charge >= 0.3 is 11.9 Å². The fraction of sp³-hybridized carbons (Fsp3) is 0.944. The van der Waals surface area contributed by atoms with Gasteiger partial charge in [0.05, 0.1) is 0 Å². The van der Waals surface area contributed by atoms with Crippen LogP contribution >= 0.6 is 0 Å². The Morgan fingerprint density at radius 3 is 0.738 bits per heavy atom. The third-order valence-corrected chi connectivity index (χ3v) is 8.22. The number of hydrogen-bond acceptors (Lipinski definition) is 5. The van der Waals surface area contributed by atoms with Gasteiger partial charge in [-0.25, -0.2) is 9.59 Å². The number of rotatable bonds is 34. The minimum absolute atomic E-state index is 0. The van der Waals surface area contributed by atoms with Crippen LogP contribution in [0.2, 0.25) is 0 Å². The van der Waals surface area contributed by atoms with Crippen LogP contribution in [-0.4, -0.2) is 11.9 Å². The van der Waals surface area contributed by atoms with Gasteiger partial charge < -0.3 is 0 Å². The van der Waals surface area contributed by atoms with Crippen LogP contribution < -0.4 is 0 Å². The summed E-state index contributed by atoms with van der Waals surface area (Å²) in [7, 11) is 0. The first-order chi connectivity index (χ1) is 20.2. The summed E-state index contributed by atoms with van der Waals surface area (Å²) < 4.78 is 0. The van der Waals surface area contributed by atoms with E-state index in [1.54, 1.807) is 0 Å². The van der Waals surface area contributed by atoms with Crippen LogP contribution in [-0.2, 0) is 51.7 Å². The molecule has 0 saturated carbocycles. The standard InChI is InChI=1S/C36H70O5.Cd/c1-3-5-7-9-11-13-15-17-19-21-23-25-27-29-31-33-35(37)39-41-40-36(38)34-32-30-28-26-24-22-20-18-16-14-12-10-8-6-4-2;/h3-34H2,1-2H3;.